The second-order valence-corrected chi connectivity index (χ2v) is 4.13. The van der Waals surface area contributed by atoms with Crippen LogP contribution in [0.3, 0.4) is 0 Å². The molecule has 5 heteroatoms. The molecule has 4 nitrogen and oxygen atoms in total. The smallest absolute Gasteiger partial charge is 0.165 e. The lowest BCUT2D eigenvalue weighted by molar-refractivity contribution is 0.296. The largest absolute Gasteiger partial charge is 0.494 e. The number of benzene rings is 1. The molecular weight excluding hydrogens is 247 g/mol. The van der Waals surface area contributed by atoms with Crippen molar-refractivity contribution in [2.75, 3.05) is 13.7 Å². The van der Waals surface area contributed by atoms with E-state index in [9.17, 15) is 4.39 Å². The number of aryl methyl sites for hydroxylation is 1. The molecule has 0 unspecified atom stereocenters. The fourth-order valence-corrected chi connectivity index (χ4v) is 1.82. The molecule has 0 aliphatic carbocycles. The summed E-state index contributed by atoms with van der Waals surface area (Å²) in [6.45, 7) is 1.83. The molecule has 2 rings (SSSR count). The summed E-state index contributed by atoms with van der Waals surface area (Å²) >= 11 is 0. The van der Waals surface area contributed by atoms with Gasteiger partial charge in [-0.2, -0.15) is 0 Å². The van der Waals surface area contributed by atoms with Gasteiger partial charge in [-0.1, -0.05) is 0 Å². The Morgan fingerprint density at radius 2 is 2.05 bits per heavy atom. The number of nitrogens with zero attached hydrogens (tertiary/aromatic N) is 2. The van der Waals surface area contributed by atoms with E-state index in [4.69, 9.17) is 9.84 Å². The van der Waals surface area contributed by atoms with Crippen LogP contribution in [0.25, 0.3) is 11.3 Å². The van der Waals surface area contributed by atoms with Crippen LogP contribution in [-0.2, 0) is 6.42 Å². The standard InChI is InChI=1S/C14H15FN2O2/c1-9-7-12(17-14(16-9)5-6-18)10-3-4-13(19-2)11(15)8-10/h3-4,7-8,18H,5-6H2,1-2H3. The Bertz CT molecular complexity index is 588. The monoisotopic (exact) mass is 262 g/mol. The first-order valence-corrected chi connectivity index (χ1v) is 5.93. The normalized spacial score (nSPS) is 10.5. The van der Waals surface area contributed by atoms with Gasteiger partial charge in [0.1, 0.15) is 5.82 Å². The maximum atomic E-state index is 13.7. The van der Waals surface area contributed by atoms with Crippen LogP contribution in [0.2, 0.25) is 0 Å². The van der Waals surface area contributed by atoms with Crippen molar-refractivity contribution in [3.05, 3.63) is 41.6 Å². The lowest BCUT2D eigenvalue weighted by atomic mass is 10.1. The van der Waals surface area contributed by atoms with Crippen molar-refractivity contribution in [2.24, 2.45) is 0 Å². The van der Waals surface area contributed by atoms with E-state index in [2.05, 4.69) is 9.97 Å². The van der Waals surface area contributed by atoms with Gasteiger partial charge in [-0.05, 0) is 31.2 Å². The van der Waals surface area contributed by atoms with Gasteiger partial charge >= 0.3 is 0 Å². The summed E-state index contributed by atoms with van der Waals surface area (Å²) in [4.78, 5) is 8.53. The third-order valence-corrected chi connectivity index (χ3v) is 2.68. The zero-order valence-corrected chi connectivity index (χ0v) is 10.9. The highest BCUT2D eigenvalue weighted by molar-refractivity contribution is 5.60. The molecule has 0 radical (unpaired) electrons. The van der Waals surface area contributed by atoms with Crippen LogP contribution in [0.15, 0.2) is 24.3 Å². The summed E-state index contributed by atoms with van der Waals surface area (Å²) in [6.07, 6.45) is 0.382. The Hall–Kier alpha value is -2.01. The lowest BCUT2D eigenvalue weighted by Gasteiger charge is -2.07. The summed E-state index contributed by atoms with van der Waals surface area (Å²) < 4.78 is 18.6. The van der Waals surface area contributed by atoms with Gasteiger partial charge in [-0.3, -0.25) is 0 Å². The van der Waals surface area contributed by atoms with Crippen molar-refractivity contribution in [1.82, 2.24) is 9.97 Å². The Balaban J connectivity index is 2.43. The zero-order valence-electron chi connectivity index (χ0n) is 10.9. The average molecular weight is 262 g/mol. The molecule has 0 aliphatic heterocycles. The minimum absolute atomic E-state index is 0.0140. The number of hydrogen-bond acceptors (Lipinski definition) is 4. The Kier molecular flexibility index (Phi) is 4.06. The van der Waals surface area contributed by atoms with E-state index in [0.717, 1.165) is 5.69 Å². The molecule has 0 bridgehead atoms. The molecule has 0 atom stereocenters. The Morgan fingerprint density at radius 1 is 1.26 bits per heavy atom. The van der Waals surface area contributed by atoms with E-state index in [1.165, 1.54) is 13.2 Å². The first kappa shape index (κ1) is 13.4. The van der Waals surface area contributed by atoms with Crippen LogP contribution < -0.4 is 4.74 Å². The topological polar surface area (TPSA) is 55.2 Å². The SMILES string of the molecule is COc1ccc(-c2cc(C)nc(CCO)n2)cc1F. The molecule has 1 aromatic heterocycles. The summed E-state index contributed by atoms with van der Waals surface area (Å²) in [5, 5.41) is 8.93. The van der Waals surface area contributed by atoms with E-state index in [-0.39, 0.29) is 12.4 Å². The predicted molar refractivity (Wildman–Crippen MR) is 69.5 cm³/mol. The van der Waals surface area contributed by atoms with Crippen molar-refractivity contribution in [2.45, 2.75) is 13.3 Å². The highest BCUT2D eigenvalue weighted by Crippen LogP contribution is 2.24. The maximum Gasteiger partial charge on any atom is 0.165 e. The van der Waals surface area contributed by atoms with E-state index in [0.29, 0.717) is 23.5 Å². The molecule has 100 valence electrons. The Morgan fingerprint density at radius 3 is 2.68 bits per heavy atom. The van der Waals surface area contributed by atoms with Crippen molar-refractivity contribution in [3.63, 3.8) is 0 Å². The van der Waals surface area contributed by atoms with Gasteiger partial charge in [0.05, 0.1) is 19.4 Å². The van der Waals surface area contributed by atoms with Crippen LogP contribution in [0.5, 0.6) is 5.75 Å². The van der Waals surface area contributed by atoms with Crippen LogP contribution in [0.1, 0.15) is 11.5 Å². The third-order valence-electron chi connectivity index (χ3n) is 2.68. The van der Waals surface area contributed by atoms with E-state index < -0.39 is 5.82 Å². The number of hydrogen-bond donors (Lipinski definition) is 1. The fraction of sp³-hybridized carbons (Fsp3) is 0.286. The van der Waals surface area contributed by atoms with Gasteiger partial charge < -0.3 is 9.84 Å². The van der Waals surface area contributed by atoms with Gasteiger partial charge in [0.15, 0.2) is 11.6 Å². The second kappa shape index (κ2) is 5.75. The van der Waals surface area contributed by atoms with Crippen molar-refractivity contribution < 1.29 is 14.2 Å². The third kappa shape index (κ3) is 3.06. The first-order valence-electron chi connectivity index (χ1n) is 5.93. The quantitative estimate of drug-likeness (QED) is 0.917. The molecule has 2 aromatic rings. The second-order valence-electron chi connectivity index (χ2n) is 4.13. The molecular formula is C14H15FN2O2. The van der Waals surface area contributed by atoms with Crippen LogP contribution in [0, 0.1) is 12.7 Å². The molecule has 0 aliphatic rings. The molecule has 0 spiro atoms. The highest BCUT2D eigenvalue weighted by atomic mass is 19.1. The van der Waals surface area contributed by atoms with Crippen LogP contribution >= 0.6 is 0 Å². The molecule has 0 saturated heterocycles. The Labute approximate surface area is 110 Å². The van der Waals surface area contributed by atoms with Gasteiger partial charge in [-0.15, -0.1) is 0 Å². The van der Waals surface area contributed by atoms with Crippen LogP contribution in [0.4, 0.5) is 4.39 Å². The molecule has 1 heterocycles. The minimum Gasteiger partial charge on any atom is -0.494 e. The zero-order chi connectivity index (χ0) is 13.8. The first-order chi connectivity index (χ1) is 9.13. The van der Waals surface area contributed by atoms with E-state index in [1.807, 2.05) is 6.92 Å². The van der Waals surface area contributed by atoms with Crippen molar-refractivity contribution in [1.29, 1.82) is 0 Å². The predicted octanol–water partition coefficient (Wildman–Crippen LogP) is 2.13. The van der Waals surface area contributed by atoms with Crippen LogP contribution in [-0.4, -0.2) is 28.8 Å². The van der Waals surface area contributed by atoms with Gasteiger partial charge in [0, 0.05) is 17.7 Å². The maximum absolute atomic E-state index is 13.7. The molecule has 19 heavy (non-hydrogen) atoms. The molecule has 0 amide bonds. The lowest BCUT2D eigenvalue weighted by Crippen LogP contribution is -2.02. The van der Waals surface area contributed by atoms with Gasteiger partial charge in [-0.25, -0.2) is 14.4 Å². The number of aliphatic hydroxyl groups excluding tert-OH is 1. The summed E-state index contributed by atoms with van der Waals surface area (Å²) in [5.74, 6) is 0.318. The molecule has 0 saturated carbocycles. The number of halogens is 1. The highest BCUT2D eigenvalue weighted by Gasteiger charge is 2.08. The fourth-order valence-electron chi connectivity index (χ4n) is 1.82. The van der Waals surface area contributed by atoms with Gasteiger partial charge in [0.25, 0.3) is 0 Å². The van der Waals surface area contributed by atoms with Crippen molar-refractivity contribution >= 4 is 0 Å². The molecule has 0 fully saturated rings. The van der Waals surface area contributed by atoms with Gasteiger partial charge in [0.2, 0.25) is 0 Å². The summed E-state index contributed by atoms with van der Waals surface area (Å²) in [5.41, 5.74) is 2.07. The molecule has 1 N–H and O–H groups in total. The van der Waals surface area contributed by atoms with Crippen molar-refractivity contribution in [3.8, 4) is 17.0 Å². The van der Waals surface area contributed by atoms with E-state index >= 15 is 0 Å². The number of aliphatic hydroxyl groups is 1. The van der Waals surface area contributed by atoms with E-state index in [1.54, 1.807) is 18.2 Å². The number of methoxy groups -OCH3 is 1. The number of aromatic nitrogens is 2. The molecule has 1 aromatic carbocycles. The number of rotatable bonds is 4. The summed E-state index contributed by atoms with van der Waals surface area (Å²) in [7, 11) is 1.42. The summed E-state index contributed by atoms with van der Waals surface area (Å²) in [6, 6.07) is 6.46. The number of ether oxygens (including phenoxy) is 1. The minimum atomic E-state index is -0.431. The average Bonchev–Trinajstić information content (AvgIpc) is 2.38.